The Kier molecular flexibility index (Phi) is 16.2. The number of nitrogens with two attached hydrogens (primary N) is 1. The van der Waals surface area contributed by atoms with Crippen molar-refractivity contribution in [2.24, 2.45) is 23.5 Å². The van der Waals surface area contributed by atoms with Crippen LogP contribution in [0.2, 0.25) is 0 Å². The normalized spacial score (nSPS) is 15.6. The van der Waals surface area contributed by atoms with E-state index in [9.17, 15) is 29.1 Å². The number of aliphatic hydroxyl groups excluding tert-OH is 1. The van der Waals surface area contributed by atoms with E-state index in [-0.39, 0.29) is 31.1 Å². The van der Waals surface area contributed by atoms with E-state index in [0.717, 1.165) is 11.1 Å². The molecule has 0 aliphatic rings. The van der Waals surface area contributed by atoms with E-state index >= 15 is 0 Å². The number of aliphatic hydroxyl groups is 1. The van der Waals surface area contributed by atoms with E-state index in [2.05, 4.69) is 21.3 Å². The molecule has 2 aromatic carbocycles. The first-order chi connectivity index (χ1) is 22.6. The van der Waals surface area contributed by atoms with Crippen molar-refractivity contribution in [2.45, 2.75) is 97.1 Å². The van der Waals surface area contributed by atoms with Gasteiger partial charge < -0.3 is 36.8 Å². The predicted octanol–water partition coefficient (Wildman–Crippen LogP) is 1.63. The fraction of sp³-hybridized carbons (Fsp3) is 0.528. The number of esters is 1. The number of amides is 4. The van der Waals surface area contributed by atoms with Gasteiger partial charge in [0, 0.05) is 5.92 Å². The summed E-state index contributed by atoms with van der Waals surface area (Å²) in [6, 6.07) is 14.1. The zero-order valence-corrected chi connectivity index (χ0v) is 29.1. The predicted molar refractivity (Wildman–Crippen MR) is 183 cm³/mol. The maximum absolute atomic E-state index is 14.0. The highest BCUT2D eigenvalue weighted by Crippen LogP contribution is 2.20. The smallest absolute Gasteiger partial charge is 0.328 e. The van der Waals surface area contributed by atoms with Gasteiger partial charge in [0.1, 0.15) is 18.1 Å². The monoisotopic (exact) mass is 667 g/mol. The van der Waals surface area contributed by atoms with Gasteiger partial charge in [0.15, 0.2) is 0 Å². The van der Waals surface area contributed by atoms with Crippen LogP contribution in [-0.2, 0) is 41.6 Å². The average molecular weight is 668 g/mol. The molecule has 48 heavy (non-hydrogen) atoms. The summed E-state index contributed by atoms with van der Waals surface area (Å²) in [4.78, 5) is 65.0. The van der Waals surface area contributed by atoms with Crippen molar-refractivity contribution in [1.82, 2.24) is 21.3 Å². The number of ether oxygens (including phenoxy) is 1. The molecule has 0 heterocycles. The van der Waals surface area contributed by atoms with Gasteiger partial charge in [-0.15, -0.1) is 0 Å². The summed E-state index contributed by atoms with van der Waals surface area (Å²) in [6.07, 6.45) is -0.745. The quantitative estimate of drug-likeness (QED) is 0.129. The minimum absolute atomic E-state index is 0.0533. The Morgan fingerprint density at radius 1 is 0.667 bits per heavy atom. The molecule has 0 bridgehead atoms. The minimum atomic E-state index is -1.19. The van der Waals surface area contributed by atoms with Crippen LogP contribution in [0.5, 0.6) is 0 Å². The zero-order valence-electron chi connectivity index (χ0n) is 29.1. The molecule has 2 aromatic rings. The molecule has 12 nitrogen and oxygen atoms in total. The summed E-state index contributed by atoms with van der Waals surface area (Å²) in [5.74, 6) is -3.98. The second-order valence-corrected chi connectivity index (χ2v) is 13.0. The van der Waals surface area contributed by atoms with E-state index in [4.69, 9.17) is 10.5 Å². The van der Waals surface area contributed by atoms with Crippen molar-refractivity contribution >= 4 is 29.6 Å². The number of benzene rings is 2. The van der Waals surface area contributed by atoms with Gasteiger partial charge in [-0.05, 0) is 56.1 Å². The fourth-order valence-corrected chi connectivity index (χ4v) is 5.18. The van der Waals surface area contributed by atoms with Crippen molar-refractivity contribution in [1.29, 1.82) is 0 Å². The van der Waals surface area contributed by atoms with Crippen LogP contribution < -0.4 is 27.0 Å². The van der Waals surface area contributed by atoms with Gasteiger partial charge in [-0.3, -0.25) is 19.2 Å². The van der Waals surface area contributed by atoms with Crippen LogP contribution >= 0.6 is 0 Å². The van der Waals surface area contributed by atoms with Gasteiger partial charge in [-0.1, -0.05) is 88.4 Å². The minimum Gasteiger partial charge on any atom is -0.467 e. The van der Waals surface area contributed by atoms with Gasteiger partial charge >= 0.3 is 5.97 Å². The molecular weight excluding hydrogens is 614 g/mol. The topological polar surface area (TPSA) is 189 Å². The van der Waals surface area contributed by atoms with Gasteiger partial charge in [0.25, 0.3) is 0 Å². The van der Waals surface area contributed by atoms with Gasteiger partial charge in [-0.25, -0.2) is 4.79 Å². The molecule has 12 heteroatoms. The zero-order chi connectivity index (χ0) is 36.0. The van der Waals surface area contributed by atoms with Crippen LogP contribution in [0.1, 0.15) is 59.1 Å². The van der Waals surface area contributed by atoms with Crippen molar-refractivity contribution in [3.05, 3.63) is 71.8 Å². The molecule has 0 saturated carbocycles. The van der Waals surface area contributed by atoms with Crippen LogP contribution in [0.25, 0.3) is 0 Å². The summed E-state index contributed by atoms with van der Waals surface area (Å²) in [5.41, 5.74) is 7.33. The summed E-state index contributed by atoms with van der Waals surface area (Å²) >= 11 is 0. The molecule has 2 rings (SSSR count). The standard InChI is InChI=1S/C36H53N5O7/c1-21(2)30(35(46)41-31(22(3)4)36(47)48-7)40-34(45)27(18-25-14-10-8-11-15-25)20-29(42)28(19-26-16-12-9-13-17-26)39-33(44)24(6)38-32(43)23(5)37/h8-17,21-24,27-31,42H,18-20,37H2,1-7H3,(H,38,43)(H,39,44)(H,40,45)(H,41,46)/t23-,24-,27-,28-,29-,30-,31-/m0/s1. The first-order valence-corrected chi connectivity index (χ1v) is 16.4. The number of rotatable bonds is 18. The van der Waals surface area contributed by atoms with Crippen molar-refractivity contribution < 1.29 is 33.8 Å². The third-order valence-electron chi connectivity index (χ3n) is 8.14. The Labute approximate surface area is 284 Å². The number of hydrogen-bond donors (Lipinski definition) is 6. The SMILES string of the molecule is COC(=O)[C@@H](NC(=O)[C@@H](NC(=O)[C@@H](Cc1ccccc1)C[C@H](O)[C@H](Cc1ccccc1)NC(=O)[C@H](C)NC(=O)[C@H](C)N)C(C)C)C(C)C. The lowest BCUT2D eigenvalue weighted by atomic mass is 9.88. The number of carbonyl (C=O) groups excluding carboxylic acids is 5. The molecule has 4 amide bonds. The molecule has 7 N–H and O–H groups in total. The molecule has 0 saturated heterocycles. The highest BCUT2D eigenvalue weighted by Gasteiger charge is 2.34. The van der Waals surface area contributed by atoms with Gasteiger partial charge in [0.05, 0.1) is 25.3 Å². The lowest BCUT2D eigenvalue weighted by Gasteiger charge is -2.30. The lowest BCUT2D eigenvalue weighted by Crippen LogP contribution is -2.56. The van der Waals surface area contributed by atoms with E-state index in [1.165, 1.54) is 21.0 Å². The first-order valence-electron chi connectivity index (χ1n) is 16.4. The molecule has 0 aromatic heterocycles. The van der Waals surface area contributed by atoms with E-state index in [1.807, 2.05) is 60.7 Å². The number of carbonyl (C=O) groups is 5. The highest BCUT2D eigenvalue weighted by atomic mass is 16.5. The Balaban J connectivity index is 2.36. The lowest BCUT2D eigenvalue weighted by molar-refractivity contribution is -0.147. The Hall–Kier alpha value is -4.29. The van der Waals surface area contributed by atoms with Crippen molar-refractivity contribution in [3.63, 3.8) is 0 Å². The third kappa shape index (κ3) is 12.7. The van der Waals surface area contributed by atoms with Crippen LogP contribution in [-0.4, -0.2) is 78.1 Å². The Morgan fingerprint density at radius 3 is 1.65 bits per heavy atom. The summed E-state index contributed by atoms with van der Waals surface area (Å²) < 4.78 is 4.86. The van der Waals surface area contributed by atoms with Crippen LogP contribution in [0.15, 0.2) is 60.7 Å². The number of methoxy groups -OCH3 is 1. The molecule has 0 aliphatic heterocycles. The molecule has 0 spiro atoms. The largest absolute Gasteiger partial charge is 0.467 e. The second kappa shape index (κ2) is 19.5. The van der Waals surface area contributed by atoms with Crippen molar-refractivity contribution in [2.75, 3.05) is 7.11 Å². The molecular formula is C36H53N5O7. The molecule has 264 valence electrons. The molecule has 0 aliphatic carbocycles. The van der Waals surface area contributed by atoms with Crippen molar-refractivity contribution in [3.8, 4) is 0 Å². The van der Waals surface area contributed by atoms with E-state index in [0.29, 0.717) is 0 Å². The number of hydrogen-bond acceptors (Lipinski definition) is 8. The van der Waals surface area contributed by atoms with Crippen LogP contribution in [0, 0.1) is 17.8 Å². The summed E-state index contributed by atoms with van der Waals surface area (Å²) in [6.45, 7) is 10.2. The Morgan fingerprint density at radius 2 is 1.17 bits per heavy atom. The molecule has 0 fully saturated rings. The average Bonchev–Trinajstić information content (AvgIpc) is 3.05. The van der Waals surface area contributed by atoms with E-state index in [1.54, 1.807) is 27.7 Å². The van der Waals surface area contributed by atoms with Crippen LogP contribution in [0.3, 0.4) is 0 Å². The highest BCUT2D eigenvalue weighted by molar-refractivity contribution is 5.92. The third-order valence-corrected chi connectivity index (χ3v) is 8.14. The summed E-state index contributed by atoms with van der Waals surface area (Å²) in [7, 11) is 1.25. The Bertz CT molecular complexity index is 1340. The maximum atomic E-state index is 14.0. The maximum Gasteiger partial charge on any atom is 0.328 e. The number of nitrogens with one attached hydrogen (secondary N) is 4. The van der Waals surface area contributed by atoms with Gasteiger partial charge in [0.2, 0.25) is 23.6 Å². The second-order valence-electron chi connectivity index (χ2n) is 13.0. The molecule has 7 atom stereocenters. The first kappa shape index (κ1) is 39.9. The van der Waals surface area contributed by atoms with E-state index < -0.39 is 71.8 Å². The fourth-order valence-electron chi connectivity index (χ4n) is 5.18. The molecule has 0 radical (unpaired) electrons. The molecule has 0 unspecified atom stereocenters. The summed E-state index contributed by atoms with van der Waals surface area (Å²) in [5, 5.41) is 22.7. The van der Waals surface area contributed by atoms with Crippen LogP contribution in [0.4, 0.5) is 0 Å². The van der Waals surface area contributed by atoms with Gasteiger partial charge in [-0.2, -0.15) is 0 Å².